The van der Waals surface area contributed by atoms with Gasteiger partial charge in [0, 0.05) is 62.5 Å². The standard InChI is InChI=1S/C24H24F3N5O/c1-5-16-12-32(14(2)11-31(16)13-17-18(26)8-15(25)9-19(17)27)21-10-23(33)30(4)20-6-7-22(28-3)29-24(20)21/h6-10,14,16H,5,11-13H2,1-2,4H3/t14-,16+/m0/s1. The van der Waals surface area contributed by atoms with Gasteiger partial charge in [-0.15, -0.1) is 4.98 Å². The fraction of sp³-hybridized carbons (Fsp3) is 0.375. The Labute approximate surface area is 189 Å². The van der Waals surface area contributed by atoms with Crippen LogP contribution in [0, 0.1) is 24.0 Å². The van der Waals surface area contributed by atoms with Crippen molar-refractivity contribution in [1.29, 1.82) is 0 Å². The summed E-state index contributed by atoms with van der Waals surface area (Å²) in [5.74, 6) is -2.50. The van der Waals surface area contributed by atoms with Crippen molar-refractivity contribution in [3.05, 3.63) is 75.1 Å². The van der Waals surface area contributed by atoms with E-state index in [1.807, 2.05) is 18.7 Å². The van der Waals surface area contributed by atoms with Crippen LogP contribution in [0.3, 0.4) is 0 Å². The fourth-order valence-corrected chi connectivity index (χ4v) is 4.54. The van der Waals surface area contributed by atoms with E-state index in [9.17, 15) is 18.0 Å². The summed E-state index contributed by atoms with van der Waals surface area (Å²) in [4.78, 5) is 24.6. The predicted molar refractivity (Wildman–Crippen MR) is 121 cm³/mol. The van der Waals surface area contributed by atoms with Crippen LogP contribution >= 0.6 is 0 Å². The number of nitrogens with zero attached hydrogens (tertiary/aromatic N) is 5. The van der Waals surface area contributed by atoms with Crippen molar-refractivity contribution < 1.29 is 13.2 Å². The Morgan fingerprint density at radius 1 is 1.15 bits per heavy atom. The summed E-state index contributed by atoms with van der Waals surface area (Å²) in [6.45, 7) is 12.3. The average molecular weight is 455 g/mol. The molecular formula is C24H24F3N5O. The summed E-state index contributed by atoms with van der Waals surface area (Å²) in [6.07, 6.45) is 0.706. The van der Waals surface area contributed by atoms with E-state index in [-0.39, 0.29) is 35.6 Å². The molecule has 9 heteroatoms. The highest BCUT2D eigenvalue weighted by atomic mass is 19.1. The number of anilines is 1. The number of piperazine rings is 1. The van der Waals surface area contributed by atoms with Gasteiger partial charge in [-0.25, -0.2) is 13.2 Å². The largest absolute Gasteiger partial charge is 0.362 e. The molecule has 6 nitrogen and oxygen atoms in total. The van der Waals surface area contributed by atoms with E-state index in [1.165, 1.54) is 10.6 Å². The van der Waals surface area contributed by atoms with Crippen molar-refractivity contribution >= 4 is 22.5 Å². The number of fused-ring (bicyclic) bond motifs is 1. The maximum atomic E-state index is 14.3. The zero-order valence-corrected chi connectivity index (χ0v) is 18.6. The van der Waals surface area contributed by atoms with Gasteiger partial charge in [-0.3, -0.25) is 9.69 Å². The molecule has 0 N–H and O–H groups in total. The molecule has 1 fully saturated rings. The van der Waals surface area contributed by atoms with Crippen LogP contribution in [0.2, 0.25) is 0 Å². The molecule has 0 saturated carbocycles. The monoisotopic (exact) mass is 455 g/mol. The van der Waals surface area contributed by atoms with E-state index in [0.717, 1.165) is 0 Å². The number of pyridine rings is 2. The van der Waals surface area contributed by atoms with Crippen molar-refractivity contribution in [2.24, 2.45) is 7.05 Å². The third-order valence-corrected chi connectivity index (χ3v) is 6.37. The van der Waals surface area contributed by atoms with Gasteiger partial charge in [0.25, 0.3) is 11.4 Å². The van der Waals surface area contributed by atoms with Crippen LogP contribution in [0.15, 0.2) is 35.1 Å². The Hall–Kier alpha value is -3.38. The maximum Gasteiger partial charge on any atom is 0.270 e. The molecule has 0 bridgehead atoms. The molecule has 172 valence electrons. The van der Waals surface area contributed by atoms with Gasteiger partial charge in [-0.05, 0) is 25.5 Å². The first-order valence-electron chi connectivity index (χ1n) is 10.8. The van der Waals surface area contributed by atoms with Crippen LogP contribution < -0.4 is 10.5 Å². The van der Waals surface area contributed by atoms with Crippen LogP contribution in [0.1, 0.15) is 25.8 Å². The summed E-state index contributed by atoms with van der Waals surface area (Å²) in [5.41, 5.74) is 1.49. The van der Waals surface area contributed by atoms with Crippen molar-refractivity contribution in [3.63, 3.8) is 0 Å². The first-order chi connectivity index (χ1) is 15.7. The third kappa shape index (κ3) is 4.18. The molecule has 1 aromatic carbocycles. The molecule has 0 amide bonds. The lowest BCUT2D eigenvalue weighted by atomic mass is 10.0. The molecule has 0 spiro atoms. The van der Waals surface area contributed by atoms with Gasteiger partial charge in [0.2, 0.25) is 5.52 Å². The lowest BCUT2D eigenvalue weighted by Gasteiger charge is -2.46. The summed E-state index contributed by atoms with van der Waals surface area (Å²) >= 11 is 0. The minimum Gasteiger partial charge on any atom is -0.362 e. The number of rotatable bonds is 4. The molecule has 0 aliphatic carbocycles. The molecule has 1 aliphatic heterocycles. The minimum atomic E-state index is -0.942. The Morgan fingerprint density at radius 3 is 2.48 bits per heavy atom. The first-order valence-corrected chi connectivity index (χ1v) is 10.8. The van der Waals surface area contributed by atoms with Crippen LogP contribution in [0.5, 0.6) is 0 Å². The second-order valence-corrected chi connectivity index (χ2v) is 8.42. The van der Waals surface area contributed by atoms with Gasteiger partial charge in [-0.2, -0.15) is 0 Å². The van der Waals surface area contributed by atoms with Crippen molar-refractivity contribution in [2.75, 3.05) is 18.0 Å². The van der Waals surface area contributed by atoms with Crippen LogP contribution in [0.25, 0.3) is 15.9 Å². The first kappa shape index (κ1) is 22.8. The topological polar surface area (TPSA) is 45.7 Å². The van der Waals surface area contributed by atoms with E-state index in [1.54, 1.807) is 19.2 Å². The quantitative estimate of drug-likeness (QED) is 0.548. The number of halogens is 3. The smallest absolute Gasteiger partial charge is 0.270 e. The number of hydrogen-bond acceptors (Lipinski definition) is 4. The van der Waals surface area contributed by atoms with Crippen LogP contribution in [-0.2, 0) is 13.6 Å². The molecule has 2 aromatic heterocycles. The van der Waals surface area contributed by atoms with E-state index >= 15 is 0 Å². The molecule has 2 atom stereocenters. The molecule has 0 radical (unpaired) electrons. The summed E-state index contributed by atoms with van der Waals surface area (Å²) in [7, 11) is 1.66. The highest BCUT2D eigenvalue weighted by Gasteiger charge is 2.34. The van der Waals surface area contributed by atoms with E-state index < -0.39 is 17.5 Å². The van der Waals surface area contributed by atoms with Gasteiger partial charge in [0.15, 0.2) is 0 Å². The average Bonchev–Trinajstić information content (AvgIpc) is 2.78. The fourth-order valence-electron chi connectivity index (χ4n) is 4.54. The summed E-state index contributed by atoms with van der Waals surface area (Å²) < 4.78 is 43.4. The molecule has 3 heterocycles. The molecule has 33 heavy (non-hydrogen) atoms. The molecule has 4 rings (SSSR count). The van der Waals surface area contributed by atoms with Gasteiger partial charge in [0.1, 0.15) is 17.5 Å². The van der Waals surface area contributed by atoms with Gasteiger partial charge in [0.05, 0.1) is 11.2 Å². The molecule has 1 saturated heterocycles. The van der Waals surface area contributed by atoms with E-state index in [2.05, 4.69) is 14.7 Å². The molecule has 3 aromatic rings. The zero-order chi connectivity index (χ0) is 23.9. The van der Waals surface area contributed by atoms with Crippen molar-refractivity contribution in [1.82, 2.24) is 14.5 Å². The third-order valence-electron chi connectivity index (χ3n) is 6.37. The summed E-state index contributed by atoms with van der Waals surface area (Å²) in [5, 5.41) is 0. The predicted octanol–water partition coefficient (Wildman–Crippen LogP) is 4.39. The normalized spacial score (nSPS) is 19.1. The SMILES string of the molecule is [C-]#[N+]c1ccc2c(n1)c(N1C[C@@H](CC)N(Cc3c(F)cc(F)cc3F)C[C@@H]1C)cc(=O)n2C. The number of benzene rings is 1. The van der Waals surface area contributed by atoms with Crippen molar-refractivity contribution in [2.45, 2.75) is 38.9 Å². The Kier molecular flexibility index (Phi) is 6.13. The zero-order valence-electron chi connectivity index (χ0n) is 18.6. The highest BCUT2D eigenvalue weighted by molar-refractivity contribution is 5.89. The van der Waals surface area contributed by atoms with Crippen LogP contribution in [0.4, 0.5) is 24.7 Å². The Bertz CT molecular complexity index is 1290. The number of aromatic nitrogens is 2. The lowest BCUT2D eigenvalue weighted by Crippen LogP contribution is -2.57. The lowest BCUT2D eigenvalue weighted by molar-refractivity contribution is 0.139. The number of hydrogen-bond donors (Lipinski definition) is 0. The Balaban J connectivity index is 1.71. The van der Waals surface area contributed by atoms with Gasteiger partial charge in [-0.1, -0.05) is 13.5 Å². The second kappa shape index (κ2) is 8.87. The van der Waals surface area contributed by atoms with E-state index in [4.69, 9.17) is 6.57 Å². The Morgan fingerprint density at radius 2 is 1.85 bits per heavy atom. The highest BCUT2D eigenvalue weighted by Crippen LogP contribution is 2.31. The second-order valence-electron chi connectivity index (χ2n) is 8.42. The summed E-state index contributed by atoms with van der Waals surface area (Å²) in [6, 6.07) is 6.07. The molecule has 0 unspecified atom stereocenters. The van der Waals surface area contributed by atoms with Crippen molar-refractivity contribution in [3.8, 4) is 0 Å². The minimum absolute atomic E-state index is 0.0199. The van der Waals surface area contributed by atoms with Gasteiger partial charge < -0.3 is 14.3 Å². The molecule has 1 aliphatic rings. The maximum absolute atomic E-state index is 14.3. The molecular weight excluding hydrogens is 431 g/mol. The van der Waals surface area contributed by atoms with Crippen LogP contribution in [-0.4, -0.2) is 39.6 Å². The van der Waals surface area contributed by atoms with E-state index in [0.29, 0.717) is 48.4 Å². The number of aryl methyl sites for hydroxylation is 1. The van der Waals surface area contributed by atoms with Gasteiger partial charge >= 0.3 is 0 Å².